The zero-order valence-electron chi connectivity index (χ0n) is 10.8. The van der Waals surface area contributed by atoms with Gasteiger partial charge in [-0.25, -0.2) is 0 Å². The summed E-state index contributed by atoms with van der Waals surface area (Å²) in [7, 11) is 0. The van der Waals surface area contributed by atoms with Gasteiger partial charge in [0.1, 0.15) is 5.75 Å². The van der Waals surface area contributed by atoms with Gasteiger partial charge in [0.15, 0.2) is 0 Å². The highest BCUT2D eigenvalue weighted by molar-refractivity contribution is 5.57. The number of hydrogen-bond donors (Lipinski definition) is 2. The van der Waals surface area contributed by atoms with Crippen LogP contribution in [0.3, 0.4) is 0 Å². The molecule has 0 radical (unpaired) electrons. The lowest BCUT2D eigenvalue weighted by Crippen LogP contribution is -2.29. The molecule has 0 bridgehead atoms. The van der Waals surface area contributed by atoms with Crippen LogP contribution in [0.15, 0.2) is 18.2 Å². The fraction of sp³-hybridized carbons (Fsp3) is 0.571. The summed E-state index contributed by atoms with van der Waals surface area (Å²) in [6.45, 7) is 6.94. The first kappa shape index (κ1) is 12.2. The van der Waals surface area contributed by atoms with E-state index in [2.05, 4.69) is 35.8 Å². The third-order valence-corrected chi connectivity index (χ3v) is 3.14. The molecule has 0 aliphatic carbocycles. The summed E-state index contributed by atoms with van der Waals surface area (Å²) >= 11 is 0. The summed E-state index contributed by atoms with van der Waals surface area (Å²) in [5.74, 6) is 0.963. The van der Waals surface area contributed by atoms with Gasteiger partial charge in [-0.2, -0.15) is 0 Å². The molecule has 17 heavy (non-hydrogen) atoms. The quantitative estimate of drug-likeness (QED) is 0.821. The molecule has 3 heteroatoms. The molecule has 1 aliphatic rings. The predicted molar refractivity (Wildman–Crippen MR) is 71.9 cm³/mol. The lowest BCUT2D eigenvalue weighted by atomic mass is 10.2. The van der Waals surface area contributed by atoms with Crippen molar-refractivity contribution in [2.45, 2.75) is 32.7 Å². The van der Waals surface area contributed by atoms with Gasteiger partial charge in [0.2, 0.25) is 0 Å². The summed E-state index contributed by atoms with van der Waals surface area (Å²) in [4.78, 5) is 0. The van der Waals surface area contributed by atoms with Crippen LogP contribution in [0.4, 0.5) is 5.69 Å². The molecule has 0 saturated carbocycles. The number of rotatable bonds is 5. The molecular weight excluding hydrogens is 212 g/mol. The zero-order valence-corrected chi connectivity index (χ0v) is 10.8. The monoisotopic (exact) mass is 234 g/mol. The Kier molecular flexibility index (Phi) is 4.26. The van der Waals surface area contributed by atoms with Gasteiger partial charge in [-0.05, 0) is 50.9 Å². The molecule has 1 aliphatic heterocycles. The van der Waals surface area contributed by atoms with Gasteiger partial charge in [0, 0.05) is 12.6 Å². The molecule has 3 nitrogen and oxygen atoms in total. The SMILES string of the molecule is CCOc1cc(C)ccc1NCC1CCCN1. The van der Waals surface area contributed by atoms with Crippen molar-refractivity contribution in [3.8, 4) is 5.75 Å². The van der Waals surface area contributed by atoms with Crippen molar-refractivity contribution >= 4 is 5.69 Å². The summed E-state index contributed by atoms with van der Waals surface area (Å²) in [5.41, 5.74) is 2.34. The number of benzene rings is 1. The minimum absolute atomic E-state index is 0.603. The second kappa shape index (κ2) is 5.92. The van der Waals surface area contributed by atoms with Gasteiger partial charge in [-0.1, -0.05) is 6.07 Å². The maximum atomic E-state index is 5.65. The van der Waals surface area contributed by atoms with Gasteiger partial charge in [-0.15, -0.1) is 0 Å². The van der Waals surface area contributed by atoms with E-state index in [9.17, 15) is 0 Å². The third-order valence-electron chi connectivity index (χ3n) is 3.14. The zero-order chi connectivity index (χ0) is 12.1. The minimum atomic E-state index is 0.603. The first-order chi connectivity index (χ1) is 8.29. The van der Waals surface area contributed by atoms with Crippen molar-refractivity contribution in [3.05, 3.63) is 23.8 Å². The van der Waals surface area contributed by atoms with Crippen molar-refractivity contribution in [2.24, 2.45) is 0 Å². The van der Waals surface area contributed by atoms with Crippen LogP contribution in [0, 0.1) is 6.92 Å². The van der Waals surface area contributed by atoms with Crippen molar-refractivity contribution in [1.82, 2.24) is 5.32 Å². The summed E-state index contributed by atoms with van der Waals surface area (Å²) in [6, 6.07) is 6.92. The van der Waals surface area contributed by atoms with E-state index in [1.165, 1.54) is 18.4 Å². The normalized spacial score (nSPS) is 19.3. The largest absolute Gasteiger partial charge is 0.492 e. The number of nitrogens with one attached hydrogen (secondary N) is 2. The standard InChI is InChI=1S/C14H22N2O/c1-3-17-14-9-11(2)6-7-13(14)16-10-12-5-4-8-15-12/h6-7,9,12,15-16H,3-5,8,10H2,1-2H3. The second-order valence-electron chi connectivity index (χ2n) is 4.61. The molecule has 94 valence electrons. The molecule has 1 heterocycles. The van der Waals surface area contributed by atoms with Crippen LogP contribution in [-0.2, 0) is 0 Å². The summed E-state index contributed by atoms with van der Waals surface area (Å²) in [5, 5.41) is 6.97. The molecule has 1 aromatic rings. The lowest BCUT2D eigenvalue weighted by Gasteiger charge is -2.16. The van der Waals surface area contributed by atoms with Gasteiger partial charge >= 0.3 is 0 Å². The van der Waals surface area contributed by atoms with E-state index < -0.39 is 0 Å². The fourth-order valence-corrected chi connectivity index (χ4v) is 2.21. The van der Waals surface area contributed by atoms with E-state index in [4.69, 9.17) is 4.74 Å². The number of aryl methyl sites for hydroxylation is 1. The van der Waals surface area contributed by atoms with E-state index in [-0.39, 0.29) is 0 Å². The van der Waals surface area contributed by atoms with E-state index in [0.29, 0.717) is 12.6 Å². The van der Waals surface area contributed by atoms with Gasteiger partial charge in [0.05, 0.1) is 12.3 Å². The molecule has 0 spiro atoms. The summed E-state index contributed by atoms with van der Waals surface area (Å²) < 4.78 is 5.65. The van der Waals surface area contributed by atoms with E-state index in [1.54, 1.807) is 0 Å². The average molecular weight is 234 g/mol. The van der Waals surface area contributed by atoms with Crippen molar-refractivity contribution in [3.63, 3.8) is 0 Å². The molecule has 1 saturated heterocycles. The molecular formula is C14H22N2O. The van der Waals surface area contributed by atoms with Crippen molar-refractivity contribution in [2.75, 3.05) is 25.0 Å². The van der Waals surface area contributed by atoms with Gasteiger partial charge < -0.3 is 15.4 Å². The van der Waals surface area contributed by atoms with E-state index in [0.717, 1.165) is 24.5 Å². The second-order valence-corrected chi connectivity index (χ2v) is 4.61. The Morgan fingerprint density at radius 1 is 1.47 bits per heavy atom. The Labute approximate surface area is 104 Å². The topological polar surface area (TPSA) is 33.3 Å². The molecule has 1 aromatic carbocycles. The van der Waals surface area contributed by atoms with Crippen LogP contribution in [-0.4, -0.2) is 25.7 Å². The van der Waals surface area contributed by atoms with Crippen molar-refractivity contribution in [1.29, 1.82) is 0 Å². The molecule has 1 atom stereocenters. The molecule has 0 aromatic heterocycles. The lowest BCUT2D eigenvalue weighted by molar-refractivity contribution is 0.341. The van der Waals surface area contributed by atoms with Crippen LogP contribution in [0.2, 0.25) is 0 Å². The van der Waals surface area contributed by atoms with E-state index >= 15 is 0 Å². The highest BCUT2D eigenvalue weighted by Gasteiger charge is 2.14. The van der Waals surface area contributed by atoms with Crippen LogP contribution < -0.4 is 15.4 Å². The third kappa shape index (κ3) is 3.37. The highest BCUT2D eigenvalue weighted by Crippen LogP contribution is 2.25. The van der Waals surface area contributed by atoms with E-state index in [1.807, 2.05) is 6.92 Å². The minimum Gasteiger partial charge on any atom is -0.492 e. The maximum absolute atomic E-state index is 5.65. The Morgan fingerprint density at radius 3 is 3.06 bits per heavy atom. The van der Waals surface area contributed by atoms with Crippen LogP contribution in [0.25, 0.3) is 0 Å². The van der Waals surface area contributed by atoms with Gasteiger partial charge in [0.25, 0.3) is 0 Å². The highest BCUT2D eigenvalue weighted by atomic mass is 16.5. The Hall–Kier alpha value is -1.22. The van der Waals surface area contributed by atoms with Crippen molar-refractivity contribution < 1.29 is 4.74 Å². The first-order valence-corrected chi connectivity index (χ1v) is 6.50. The first-order valence-electron chi connectivity index (χ1n) is 6.50. The Bertz CT molecular complexity index is 359. The number of ether oxygens (including phenoxy) is 1. The molecule has 2 rings (SSSR count). The maximum Gasteiger partial charge on any atom is 0.142 e. The van der Waals surface area contributed by atoms with Gasteiger partial charge in [-0.3, -0.25) is 0 Å². The van der Waals surface area contributed by atoms with Crippen LogP contribution in [0.5, 0.6) is 5.75 Å². The molecule has 1 fully saturated rings. The van der Waals surface area contributed by atoms with Crippen LogP contribution >= 0.6 is 0 Å². The fourth-order valence-electron chi connectivity index (χ4n) is 2.21. The smallest absolute Gasteiger partial charge is 0.142 e. The predicted octanol–water partition coefficient (Wildman–Crippen LogP) is 2.56. The Balaban J connectivity index is 1.98. The molecule has 0 amide bonds. The number of anilines is 1. The number of hydrogen-bond acceptors (Lipinski definition) is 3. The molecule has 1 unspecified atom stereocenters. The molecule has 2 N–H and O–H groups in total. The van der Waals surface area contributed by atoms with Crippen LogP contribution in [0.1, 0.15) is 25.3 Å². The summed E-state index contributed by atoms with van der Waals surface area (Å²) in [6.07, 6.45) is 2.56. The Morgan fingerprint density at radius 2 is 2.35 bits per heavy atom. The average Bonchev–Trinajstić information content (AvgIpc) is 2.81.